The largest absolute Gasteiger partial charge is 0.493 e. The zero-order valence-corrected chi connectivity index (χ0v) is 17.2. The molecule has 0 saturated heterocycles. The Morgan fingerprint density at radius 3 is 2.69 bits per heavy atom. The summed E-state index contributed by atoms with van der Waals surface area (Å²) in [4.78, 5) is 4.37. The van der Waals surface area contributed by atoms with E-state index in [1.807, 2.05) is 36.4 Å². The maximum Gasteiger partial charge on any atom is 0.189 e. The summed E-state index contributed by atoms with van der Waals surface area (Å²) < 4.78 is 16.4. The van der Waals surface area contributed by atoms with E-state index in [1.165, 1.54) is 5.56 Å². The Bertz CT molecular complexity index is 742. The topological polar surface area (TPSA) is 78.1 Å². The molecule has 0 spiro atoms. The number of ether oxygens (including phenoxy) is 3. The highest BCUT2D eigenvalue weighted by Gasteiger charge is 2.21. The van der Waals surface area contributed by atoms with Gasteiger partial charge in [-0.25, -0.2) is 4.99 Å². The Hall–Kier alpha value is -2.16. The summed E-state index contributed by atoms with van der Waals surface area (Å²) in [5.74, 6) is 2.72. The molecule has 1 unspecified atom stereocenters. The summed E-state index contributed by atoms with van der Waals surface area (Å²) in [6, 6.07) is 13.8. The van der Waals surface area contributed by atoms with E-state index in [0.717, 1.165) is 17.7 Å². The molecule has 2 aromatic carbocycles. The summed E-state index contributed by atoms with van der Waals surface area (Å²) in [7, 11) is 3.22. The minimum Gasteiger partial charge on any atom is -0.493 e. The van der Waals surface area contributed by atoms with E-state index in [2.05, 4.69) is 16.4 Å². The van der Waals surface area contributed by atoms with Crippen LogP contribution in [0.25, 0.3) is 0 Å². The molecule has 140 valence electrons. The molecule has 26 heavy (non-hydrogen) atoms. The second kappa shape index (κ2) is 9.51. The third-order valence-corrected chi connectivity index (χ3v) is 4.10. The molecule has 0 fully saturated rings. The van der Waals surface area contributed by atoms with Crippen LogP contribution >= 0.6 is 24.0 Å². The van der Waals surface area contributed by atoms with E-state index in [4.69, 9.17) is 19.9 Å². The van der Waals surface area contributed by atoms with Crippen LogP contribution in [-0.2, 0) is 13.0 Å². The molecule has 3 rings (SSSR count). The van der Waals surface area contributed by atoms with Crippen molar-refractivity contribution in [2.24, 2.45) is 10.7 Å². The molecule has 7 heteroatoms. The fourth-order valence-corrected chi connectivity index (χ4v) is 2.80. The van der Waals surface area contributed by atoms with Gasteiger partial charge in [0.05, 0.1) is 27.3 Å². The number of nitrogens with zero attached hydrogens (tertiary/aromatic N) is 1. The highest BCUT2D eigenvalue weighted by Crippen LogP contribution is 2.28. The van der Waals surface area contributed by atoms with E-state index in [0.29, 0.717) is 30.5 Å². The van der Waals surface area contributed by atoms with Gasteiger partial charge in [0, 0.05) is 6.42 Å². The van der Waals surface area contributed by atoms with Gasteiger partial charge in [0.2, 0.25) is 0 Å². The van der Waals surface area contributed by atoms with Crippen molar-refractivity contribution in [3.05, 3.63) is 53.6 Å². The molecule has 6 nitrogen and oxygen atoms in total. The zero-order valence-electron chi connectivity index (χ0n) is 14.9. The van der Waals surface area contributed by atoms with Crippen molar-refractivity contribution in [2.45, 2.75) is 19.1 Å². The maximum atomic E-state index is 5.96. The quantitative estimate of drug-likeness (QED) is 0.387. The Morgan fingerprint density at radius 1 is 1.19 bits per heavy atom. The molecule has 1 heterocycles. The molecule has 0 aromatic heterocycles. The number of nitrogens with two attached hydrogens (primary N) is 1. The first-order chi connectivity index (χ1) is 12.2. The SMILES string of the molecule is COc1ccc(CN=C(N)NCC2Cc3ccccc3O2)cc1OC.I. The number of hydrogen-bond acceptors (Lipinski definition) is 4. The molecular formula is C19H24IN3O3. The number of para-hydroxylation sites is 1. The summed E-state index contributed by atoms with van der Waals surface area (Å²) in [6.45, 7) is 1.08. The Balaban J connectivity index is 0.00000243. The molecular weight excluding hydrogens is 445 g/mol. The summed E-state index contributed by atoms with van der Waals surface area (Å²) in [5, 5.41) is 3.13. The van der Waals surface area contributed by atoms with Gasteiger partial charge in [-0.05, 0) is 29.3 Å². The molecule has 0 bridgehead atoms. The highest BCUT2D eigenvalue weighted by atomic mass is 127. The van der Waals surface area contributed by atoms with Crippen molar-refractivity contribution in [3.63, 3.8) is 0 Å². The van der Waals surface area contributed by atoms with Gasteiger partial charge in [-0.3, -0.25) is 0 Å². The van der Waals surface area contributed by atoms with Crippen LogP contribution in [0.4, 0.5) is 0 Å². The molecule has 1 aliphatic heterocycles. The van der Waals surface area contributed by atoms with Gasteiger partial charge >= 0.3 is 0 Å². The lowest BCUT2D eigenvalue weighted by Gasteiger charge is -2.12. The van der Waals surface area contributed by atoms with Crippen molar-refractivity contribution < 1.29 is 14.2 Å². The number of hydrogen-bond donors (Lipinski definition) is 2. The highest BCUT2D eigenvalue weighted by molar-refractivity contribution is 14.0. The number of guanidine groups is 1. The average Bonchev–Trinajstić information content (AvgIpc) is 3.07. The van der Waals surface area contributed by atoms with E-state index in [9.17, 15) is 0 Å². The number of benzene rings is 2. The van der Waals surface area contributed by atoms with Crippen molar-refractivity contribution in [1.29, 1.82) is 0 Å². The van der Waals surface area contributed by atoms with Crippen LogP contribution in [0.15, 0.2) is 47.5 Å². The van der Waals surface area contributed by atoms with Gasteiger partial charge in [0.1, 0.15) is 11.9 Å². The van der Waals surface area contributed by atoms with Crippen LogP contribution < -0.4 is 25.3 Å². The Labute approximate surface area is 170 Å². The van der Waals surface area contributed by atoms with Gasteiger partial charge in [0.25, 0.3) is 0 Å². The summed E-state index contributed by atoms with van der Waals surface area (Å²) >= 11 is 0. The normalized spacial score (nSPS) is 15.5. The van der Waals surface area contributed by atoms with Crippen LogP contribution in [0.5, 0.6) is 17.2 Å². The predicted molar refractivity (Wildman–Crippen MR) is 113 cm³/mol. The molecule has 0 radical (unpaired) electrons. The maximum absolute atomic E-state index is 5.96. The van der Waals surface area contributed by atoms with Crippen LogP contribution in [0.2, 0.25) is 0 Å². The lowest BCUT2D eigenvalue weighted by Crippen LogP contribution is -2.39. The van der Waals surface area contributed by atoms with Crippen molar-refractivity contribution in [3.8, 4) is 17.2 Å². The van der Waals surface area contributed by atoms with Gasteiger partial charge in [-0.15, -0.1) is 24.0 Å². The first kappa shape index (κ1) is 20.2. The Kier molecular flexibility index (Phi) is 7.38. The van der Waals surface area contributed by atoms with Crippen molar-refractivity contribution >= 4 is 29.9 Å². The van der Waals surface area contributed by atoms with Crippen LogP contribution in [0.3, 0.4) is 0 Å². The van der Waals surface area contributed by atoms with Crippen LogP contribution in [-0.4, -0.2) is 32.8 Å². The van der Waals surface area contributed by atoms with E-state index >= 15 is 0 Å². The van der Waals surface area contributed by atoms with E-state index < -0.39 is 0 Å². The molecule has 0 aliphatic carbocycles. The third-order valence-electron chi connectivity index (χ3n) is 4.10. The van der Waals surface area contributed by atoms with E-state index in [1.54, 1.807) is 14.2 Å². The monoisotopic (exact) mass is 469 g/mol. The molecule has 1 atom stereocenters. The summed E-state index contributed by atoms with van der Waals surface area (Å²) in [6.07, 6.45) is 0.957. The molecule has 2 aromatic rings. The third kappa shape index (κ3) is 4.94. The number of rotatable bonds is 6. The summed E-state index contributed by atoms with van der Waals surface area (Å²) in [5.41, 5.74) is 8.18. The average molecular weight is 469 g/mol. The van der Waals surface area contributed by atoms with E-state index in [-0.39, 0.29) is 30.1 Å². The van der Waals surface area contributed by atoms with Crippen molar-refractivity contribution in [2.75, 3.05) is 20.8 Å². The van der Waals surface area contributed by atoms with Gasteiger partial charge in [-0.1, -0.05) is 24.3 Å². The van der Waals surface area contributed by atoms with Crippen LogP contribution in [0.1, 0.15) is 11.1 Å². The fourth-order valence-electron chi connectivity index (χ4n) is 2.80. The minimum absolute atomic E-state index is 0. The molecule has 3 N–H and O–H groups in total. The molecule has 0 amide bonds. The van der Waals surface area contributed by atoms with Gasteiger partial charge < -0.3 is 25.3 Å². The van der Waals surface area contributed by atoms with Gasteiger partial charge in [-0.2, -0.15) is 0 Å². The minimum atomic E-state index is 0. The zero-order chi connectivity index (χ0) is 17.6. The fraction of sp³-hybridized carbons (Fsp3) is 0.316. The van der Waals surface area contributed by atoms with Crippen LogP contribution in [0, 0.1) is 0 Å². The lowest BCUT2D eigenvalue weighted by atomic mass is 10.1. The standard InChI is InChI=1S/C19H23N3O3.HI/c1-23-17-8-7-13(9-18(17)24-2)11-21-19(20)22-12-15-10-14-5-3-4-6-16(14)25-15;/h3-9,15H,10-12H2,1-2H3,(H3,20,21,22);1H. The predicted octanol–water partition coefficient (Wildman–Crippen LogP) is 2.73. The van der Waals surface area contributed by atoms with Gasteiger partial charge in [0.15, 0.2) is 17.5 Å². The smallest absolute Gasteiger partial charge is 0.189 e. The first-order valence-corrected chi connectivity index (χ1v) is 8.19. The number of fused-ring (bicyclic) bond motifs is 1. The molecule has 0 saturated carbocycles. The van der Waals surface area contributed by atoms with Crippen molar-refractivity contribution in [1.82, 2.24) is 5.32 Å². The lowest BCUT2D eigenvalue weighted by molar-refractivity contribution is 0.235. The number of aliphatic imine (C=N–C) groups is 1. The number of methoxy groups -OCH3 is 2. The second-order valence-corrected chi connectivity index (χ2v) is 5.82. The second-order valence-electron chi connectivity index (χ2n) is 5.82. The number of halogens is 1. The first-order valence-electron chi connectivity index (χ1n) is 8.19. The Morgan fingerprint density at radius 2 is 1.96 bits per heavy atom. The molecule has 1 aliphatic rings. The number of nitrogens with one attached hydrogen (secondary N) is 1.